The standard InChI is InChI=1S/C17H15ClN6S3/c1-10-7-11(2)24-15(19-10)20-16(23-24)25-9-14-21-22-17(27-14)26-8-12-5-3-4-6-13(12)18/h3-7H,8-9H2,1-2H3. The van der Waals surface area contributed by atoms with E-state index in [1.807, 2.05) is 44.2 Å². The summed E-state index contributed by atoms with van der Waals surface area (Å²) in [5, 5.41) is 15.4. The molecule has 0 atom stereocenters. The van der Waals surface area contributed by atoms with Crippen molar-refractivity contribution >= 4 is 52.2 Å². The average molecular weight is 435 g/mol. The van der Waals surface area contributed by atoms with Gasteiger partial charge in [0.25, 0.3) is 5.78 Å². The molecular formula is C17H15ClN6S3. The Morgan fingerprint density at radius 3 is 2.78 bits per heavy atom. The molecule has 0 saturated heterocycles. The van der Waals surface area contributed by atoms with Crippen molar-refractivity contribution < 1.29 is 0 Å². The van der Waals surface area contributed by atoms with Crippen LogP contribution in [0.25, 0.3) is 5.78 Å². The van der Waals surface area contributed by atoms with Crippen molar-refractivity contribution in [2.75, 3.05) is 0 Å². The minimum atomic E-state index is 0.628. The number of halogens is 1. The number of nitrogens with zero attached hydrogens (tertiary/aromatic N) is 6. The summed E-state index contributed by atoms with van der Waals surface area (Å²) in [6.45, 7) is 3.95. The zero-order chi connectivity index (χ0) is 18.8. The predicted molar refractivity (Wildman–Crippen MR) is 111 cm³/mol. The third kappa shape index (κ3) is 4.43. The number of aromatic nitrogens is 6. The van der Waals surface area contributed by atoms with Crippen LogP contribution >= 0.6 is 46.5 Å². The molecule has 1 aromatic carbocycles. The van der Waals surface area contributed by atoms with Crippen molar-refractivity contribution in [1.29, 1.82) is 0 Å². The summed E-state index contributed by atoms with van der Waals surface area (Å²) >= 11 is 11.0. The smallest absolute Gasteiger partial charge is 0.216 e. The zero-order valence-electron chi connectivity index (χ0n) is 14.6. The van der Waals surface area contributed by atoms with E-state index in [1.54, 1.807) is 27.6 Å². The molecule has 0 fully saturated rings. The van der Waals surface area contributed by atoms with Gasteiger partial charge in [0.2, 0.25) is 5.16 Å². The summed E-state index contributed by atoms with van der Waals surface area (Å²) in [4.78, 5) is 8.90. The fourth-order valence-corrected chi connectivity index (χ4v) is 5.43. The van der Waals surface area contributed by atoms with Gasteiger partial charge in [0.1, 0.15) is 5.01 Å². The van der Waals surface area contributed by atoms with Crippen molar-refractivity contribution in [3.63, 3.8) is 0 Å². The minimum Gasteiger partial charge on any atom is -0.216 e. The van der Waals surface area contributed by atoms with Crippen molar-refractivity contribution in [3.05, 3.63) is 57.3 Å². The number of thioether (sulfide) groups is 2. The molecule has 4 rings (SSSR count). The molecule has 0 amide bonds. The van der Waals surface area contributed by atoms with Crippen molar-refractivity contribution in [2.24, 2.45) is 0 Å². The van der Waals surface area contributed by atoms with Gasteiger partial charge in [-0.2, -0.15) is 4.98 Å². The molecule has 6 nitrogen and oxygen atoms in total. The second-order valence-corrected chi connectivity index (χ2v) is 9.41. The zero-order valence-corrected chi connectivity index (χ0v) is 17.8. The molecule has 10 heteroatoms. The number of hydrogen-bond donors (Lipinski definition) is 0. The van der Waals surface area contributed by atoms with Gasteiger partial charge in [-0.25, -0.2) is 9.50 Å². The summed E-state index contributed by atoms with van der Waals surface area (Å²) in [6.07, 6.45) is 0. The number of hydrogen-bond acceptors (Lipinski definition) is 8. The van der Waals surface area contributed by atoms with Gasteiger partial charge in [0.15, 0.2) is 4.34 Å². The number of benzene rings is 1. The third-order valence-electron chi connectivity index (χ3n) is 3.68. The summed E-state index contributed by atoms with van der Waals surface area (Å²) in [6, 6.07) is 9.84. The van der Waals surface area contributed by atoms with E-state index in [-0.39, 0.29) is 0 Å². The Hall–Kier alpha value is -1.68. The lowest BCUT2D eigenvalue weighted by molar-refractivity contribution is 0.843. The van der Waals surface area contributed by atoms with Gasteiger partial charge in [-0.3, -0.25) is 0 Å². The van der Waals surface area contributed by atoms with Crippen LogP contribution in [0.4, 0.5) is 0 Å². The van der Waals surface area contributed by atoms with Crippen LogP contribution in [0.1, 0.15) is 22.0 Å². The molecule has 0 N–H and O–H groups in total. The number of fused-ring (bicyclic) bond motifs is 1. The Balaban J connectivity index is 1.38. The van der Waals surface area contributed by atoms with E-state index in [2.05, 4.69) is 25.3 Å². The highest BCUT2D eigenvalue weighted by atomic mass is 35.5. The van der Waals surface area contributed by atoms with Crippen LogP contribution in [-0.4, -0.2) is 29.8 Å². The molecule has 3 aromatic heterocycles. The van der Waals surface area contributed by atoms with Gasteiger partial charge in [-0.1, -0.05) is 64.7 Å². The molecule has 138 valence electrons. The maximum Gasteiger partial charge on any atom is 0.253 e. The van der Waals surface area contributed by atoms with Gasteiger partial charge in [0, 0.05) is 22.2 Å². The molecule has 0 spiro atoms. The van der Waals surface area contributed by atoms with Crippen LogP contribution in [0.3, 0.4) is 0 Å². The molecule has 0 aliphatic rings. The molecule has 3 heterocycles. The molecular weight excluding hydrogens is 420 g/mol. The normalized spacial score (nSPS) is 11.4. The van der Waals surface area contributed by atoms with Gasteiger partial charge in [-0.15, -0.1) is 15.3 Å². The summed E-state index contributed by atoms with van der Waals surface area (Å²) in [5.41, 5.74) is 3.06. The predicted octanol–water partition coefficient (Wildman–Crippen LogP) is 4.83. The lowest BCUT2D eigenvalue weighted by atomic mass is 10.2. The van der Waals surface area contributed by atoms with Gasteiger partial charge in [0.05, 0.1) is 5.75 Å². The van der Waals surface area contributed by atoms with Crippen LogP contribution in [0.2, 0.25) is 5.02 Å². The van der Waals surface area contributed by atoms with Crippen LogP contribution in [0, 0.1) is 13.8 Å². The first-order chi connectivity index (χ1) is 13.1. The van der Waals surface area contributed by atoms with E-state index in [1.165, 1.54) is 11.8 Å². The minimum absolute atomic E-state index is 0.628. The van der Waals surface area contributed by atoms with Crippen LogP contribution < -0.4 is 0 Å². The van der Waals surface area contributed by atoms with E-state index >= 15 is 0 Å². The van der Waals surface area contributed by atoms with Crippen molar-refractivity contribution in [1.82, 2.24) is 29.8 Å². The fourth-order valence-electron chi connectivity index (χ4n) is 2.45. The SMILES string of the molecule is Cc1cc(C)n2nc(SCc3nnc(SCc4ccccc4Cl)s3)nc2n1. The van der Waals surface area contributed by atoms with E-state index in [0.29, 0.717) is 16.7 Å². The highest BCUT2D eigenvalue weighted by Crippen LogP contribution is 2.30. The maximum atomic E-state index is 6.20. The van der Waals surface area contributed by atoms with Gasteiger partial charge in [-0.05, 0) is 31.5 Å². The molecule has 0 aliphatic heterocycles. The summed E-state index contributed by atoms with van der Waals surface area (Å²) in [5.74, 6) is 2.09. The Morgan fingerprint density at radius 1 is 1.07 bits per heavy atom. The molecule has 0 bridgehead atoms. The first kappa shape index (κ1) is 18.7. The average Bonchev–Trinajstić information content (AvgIpc) is 3.26. The number of aryl methyl sites for hydroxylation is 2. The monoisotopic (exact) mass is 434 g/mol. The third-order valence-corrected chi connectivity index (χ3v) is 7.19. The fraction of sp³-hybridized carbons (Fsp3) is 0.235. The molecule has 0 unspecified atom stereocenters. The molecule has 4 aromatic rings. The van der Waals surface area contributed by atoms with E-state index in [0.717, 1.165) is 37.1 Å². The quantitative estimate of drug-likeness (QED) is 0.402. The highest BCUT2D eigenvalue weighted by molar-refractivity contribution is 8.00. The van der Waals surface area contributed by atoms with Gasteiger partial charge < -0.3 is 0 Å². The Morgan fingerprint density at radius 2 is 1.93 bits per heavy atom. The summed E-state index contributed by atoms with van der Waals surface area (Å²) < 4.78 is 2.70. The van der Waals surface area contributed by atoms with E-state index < -0.39 is 0 Å². The molecule has 0 saturated carbocycles. The first-order valence-corrected chi connectivity index (χ1v) is 11.3. The molecule has 27 heavy (non-hydrogen) atoms. The Labute approximate surface area is 173 Å². The lowest BCUT2D eigenvalue weighted by Crippen LogP contribution is -1.97. The molecule has 0 radical (unpaired) electrons. The second kappa shape index (κ2) is 8.14. The second-order valence-electron chi connectivity index (χ2n) is 5.78. The largest absolute Gasteiger partial charge is 0.253 e. The van der Waals surface area contributed by atoms with Crippen LogP contribution in [0.15, 0.2) is 39.8 Å². The Kier molecular flexibility index (Phi) is 5.63. The van der Waals surface area contributed by atoms with Crippen molar-refractivity contribution in [2.45, 2.75) is 34.8 Å². The molecule has 0 aliphatic carbocycles. The lowest BCUT2D eigenvalue weighted by Gasteiger charge is -2.00. The van der Waals surface area contributed by atoms with Crippen molar-refractivity contribution in [3.8, 4) is 0 Å². The van der Waals surface area contributed by atoms with Crippen LogP contribution in [0.5, 0.6) is 0 Å². The van der Waals surface area contributed by atoms with E-state index in [4.69, 9.17) is 11.6 Å². The summed E-state index contributed by atoms with van der Waals surface area (Å²) in [7, 11) is 0. The van der Waals surface area contributed by atoms with Crippen LogP contribution in [-0.2, 0) is 11.5 Å². The Bertz CT molecular complexity index is 1090. The van der Waals surface area contributed by atoms with E-state index in [9.17, 15) is 0 Å². The highest BCUT2D eigenvalue weighted by Gasteiger charge is 2.11. The van der Waals surface area contributed by atoms with Gasteiger partial charge >= 0.3 is 0 Å². The maximum absolute atomic E-state index is 6.20. The topological polar surface area (TPSA) is 68.9 Å². The first-order valence-electron chi connectivity index (χ1n) is 8.11. The number of rotatable bonds is 6.